The Morgan fingerprint density at radius 1 is 1.16 bits per heavy atom. The lowest BCUT2D eigenvalue weighted by Gasteiger charge is -2.24. The predicted octanol–water partition coefficient (Wildman–Crippen LogP) is 3.58. The van der Waals surface area contributed by atoms with Crippen LogP contribution in [0.15, 0.2) is 71.0 Å². The molecule has 1 aliphatic carbocycles. The average Bonchev–Trinajstić information content (AvgIpc) is 2.47. The van der Waals surface area contributed by atoms with Crippen LogP contribution < -0.4 is 0 Å². The van der Waals surface area contributed by atoms with E-state index in [0.717, 1.165) is 34.6 Å². The van der Waals surface area contributed by atoms with E-state index in [2.05, 4.69) is 13.0 Å². The lowest BCUT2D eigenvalue weighted by atomic mass is 9.93. The molecular formula is C17H16O2. The molecule has 0 saturated carbocycles. The molecule has 0 atom stereocenters. The minimum Gasteiger partial charge on any atom is -0.456 e. The molecule has 1 aliphatic heterocycles. The minimum absolute atomic E-state index is 0.108. The molecule has 0 bridgehead atoms. The van der Waals surface area contributed by atoms with E-state index in [9.17, 15) is 5.11 Å². The normalized spacial score (nSPS) is 18.1. The summed E-state index contributed by atoms with van der Waals surface area (Å²) in [5.41, 5.74) is 4.33. The third-order valence-corrected chi connectivity index (χ3v) is 3.39. The van der Waals surface area contributed by atoms with Crippen LogP contribution in [0.3, 0.4) is 0 Å². The largest absolute Gasteiger partial charge is 0.456 e. The predicted molar refractivity (Wildman–Crippen MR) is 76.1 cm³/mol. The van der Waals surface area contributed by atoms with Gasteiger partial charge in [0, 0.05) is 11.1 Å². The standard InChI is InChI=1S/C17H16O2/c1-12-9-13(11-18)10-15-7-8-16(19-17(12)15)14-5-3-2-4-6-14/h2-8,10,18H,9,11H2,1H3. The summed E-state index contributed by atoms with van der Waals surface area (Å²) in [7, 11) is 0. The summed E-state index contributed by atoms with van der Waals surface area (Å²) in [5.74, 6) is 1.80. The molecule has 3 rings (SSSR count). The van der Waals surface area contributed by atoms with Crippen molar-refractivity contribution in [3.63, 3.8) is 0 Å². The molecule has 0 fully saturated rings. The van der Waals surface area contributed by atoms with Crippen LogP contribution in [0.5, 0.6) is 0 Å². The molecule has 19 heavy (non-hydrogen) atoms. The fraction of sp³-hybridized carbons (Fsp3) is 0.176. The molecule has 2 heteroatoms. The fourth-order valence-corrected chi connectivity index (χ4v) is 2.44. The highest BCUT2D eigenvalue weighted by Crippen LogP contribution is 2.35. The fourth-order valence-electron chi connectivity index (χ4n) is 2.44. The number of fused-ring (bicyclic) bond motifs is 1. The Morgan fingerprint density at radius 2 is 1.95 bits per heavy atom. The van der Waals surface area contributed by atoms with Gasteiger partial charge >= 0.3 is 0 Å². The van der Waals surface area contributed by atoms with Gasteiger partial charge in [-0.2, -0.15) is 0 Å². The van der Waals surface area contributed by atoms with Crippen molar-refractivity contribution in [2.24, 2.45) is 0 Å². The number of aliphatic hydroxyl groups is 1. The van der Waals surface area contributed by atoms with E-state index in [1.54, 1.807) is 0 Å². The summed E-state index contributed by atoms with van der Waals surface area (Å²) in [6.07, 6.45) is 6.84. The second-order valence-corrected chi connectivity index (χ2v) is 4.87. The average molecular weight is 252 g/mol. The van der Waals surface area contributed by atoms with Crippen molar-refractivity contribution in [1.82, 2.24) is 0 Å². The first-order valence-corrected chi connectivity index (χ1v) is 6.43. The van der Waals surface area contributed by atoms with Crippen molar-refractivity contribution >= 4 is 5.76 Å². The molecule has 0 amide bonds. The molecule has 1 N–H and O–H groups in total. The van der Waals surface area contributed by atoms with E-state index in [-0.39, 0.29) is 6.61 Å². The number of ether oxygens (including phenoxy) is 1. The first kappa shape index (κ1) is 12.0. The van der Waals surface area contributed by atoms with Gasteiger partial charge in [-0.1, -0.05) is 30.3 Å². The van der Waals surface area contributed by atoms with Gasteiger partial charge < -0.3 is 9.84 Å². The van der Waals surface area contributed by atoms with Crippen LogP contribution in [-0.2, 0) is 4.74 Å². The maximum atomic E-state index is 9.25. The quantitative estimate of drug-likeness (QED) is 0.871. The molecule has 0 spiro atoms. The van der Waals surface area contributed by atoms with E-state index < -0.39 is 0 Å². The van der Waals surface area contributed by atoms with Gasteiger partial charge in [-0.05, 0) is 42.7 Å². The molecule has 1 aromatic rings. The van der Waals surface area contributed by atoms with Crippen LogP contribution in [0.25, 0.3) is 5.76 Å². The van der Waals surface area contributed by atoms with E-state index in [1.165, 1.54) is 5.57 Å². The van der Waals surface area contributed by atoms with Crippen LogP contribution in [-0.4, -0.2) is 11.7 Å². The van der Waals surface area contributed by atoms with Gasteiger partial charge in [-0.3, -0.25) is 0 Å². The summed E-state index contributed by atoms with van der Waals surface area (Å²) in [4.78, 5) is 0. The number of hydrogen-bond acceptors (Lipinski definition) is 2. The molecule has 0 unspecified atom stereocenters. The van der Waals surface area contributed by atoms with Gasteiger partial charge in [0.25, 0.3) is 0 Å². The maximum Gasteiger partial charge on any atom is 0.134 e. The Balaban J connectivity index is 1.99. The summed E-state index contributed by atoms with van der Waals surface area (Å²) in [6.45, 7) is 2.16. The smallest absolute Gasteiger partial charge is 0.134 e. The van der Waals surface area contributed by atoms with E-state index in [0.29, 0.717) is 0 Å². The zero-order valence-electron chi connectivity index (χ0n) is 10.9. The van der Waals surface area contributed by atoms with E-state index in [4.69, 9.17) is 4.74 Å². The lowest BCUT2D eigenvalue weighted by Crippen LogP contribution is -2.09. The van der Waals surface area contributed by atoms with Gasteiger partial charge in [0.1, 0.15) is 11.5 Å². The number of benzene rings is 1. The van der Waals surface area contributed by atoms with Crippen molar-refractivity contribution in [3.8, 4) is 0 Å². The van der Waals surface area contributed by atoms with Gasteiger partial charge in [-0.25, -0.2) is 0 Å². The van der Waals surface area contributed by atoms with Gasteiger partial charge in [0.05, 0.1) is 6.61 Å². The summed E-state index contributed by atoms with van der Waals surface area (Å²) >= 11 is 0. The van der Waals surface area contributed by atoms with Gasteiger partial charge in [0.2, 0.25) is 0 Å². The minimum atomic E-state index is 0.108. The first-order chi connectivity index (χ1) is 9.28. The van der Waals surface area contributed by atoms with Crippen LogP contribution in [0.4, 0.5) is 0 Å². The van der Waals surface area contributed by atoms with E-state index >= 15 is 0 Å². The molecule has 0 aromatic heterocycles. The number of rotatable bonds is 2. The third kappa shape index (κ3) is 2.27. The monoisotopic (exact) mass is 252 g/mol. The molecule has 0 radical (unpaired) electrons. The molecule has 1 heterocycles. The zero-order valence-corrected chi connectivity index (χ0v) is 10.9. The zero-order chi connectivity index (χ0) is 13.2. The maximum absolute atomic E-state index is 9.25. The van der Waals surface area contributed by atoms with Crippen molar-refractivity contribution in [1.29, 1.82) is 0 Å². The third-order valence-electron chi connectivity index (χ3n) is 3.39. The number of aliphatic hydroxyl groups excluding tert-OH is 1. The molecule has 2 nitrogen and oxygen atoms in total. The Morgan fingerprint density at radius 3 is 2.68 bits per heavy atom. The Kier molecular flexibility index (Phi) is 3.10. The number of allylic oxidation sites excluding steroid dienone is 4. The van der Waals surface area contributed by atoms with Crippen LogP contribution in [0.1, 0.15) is 18.9 Å². The highest BCUT2D eigenvalue weighted by molar-refractivity contribution is 5.67. The highest BCUT2D eigenvalue weighted by atomic mass is 16.5. The van der Waals surface area contributed by atoms with Gasteiger partial charge in [-0.15, -0.1) is 0 Å². The molecule has 0 saturated heterocycles. The van der Waals surface area contributed by atoms with Crippen molar-refractivity contribution in [3.05, 3.63) is 76.6 Å². The van der Waals surface area contributed by atoms with Crippen molar-refractivity contribution in [2.45, 2.75) is 13.3 Å². The second-order valence-electron chi connectivity index (χ2n) is 4.87. The van der Waals surface area contributed by atoms with Crippen LogP contribution >= 0.6 is 0 Å². The highest BCUT2D eigenvalue weighted by Gasteiger charge is 2.20. The van der Waals surface area contributed by atoms with E-state index in [1.807, 2.05) is 42.5 Å². The summed E-state index contributed by atoms with van der Waals surface area (Å²) < 4.78 is 6.03. The Labute approximate surface area is 113 Å². The van der Waals surface area contributed by atoms with Crippen LogP contribution in [0.2, 0.25) is 0 Å². The van der Waals surface area contributed by atoms with Crippen LogP contribution in [0, 0.1) is 0 Å². The number of hydrogen-bond donors (Lipinski definition) is 1. The lowest BCUT2D eigenvalue weighted by molar-refractivity contribution is 0.325. The molecule has 96 valence electrons. The molecule has 2 aliphatic rings. The summed E-state index contributed by atoms with van der Waals surface area (Å²) in [6, 6.07) is 10.1. The Hall–Kier alpha value is -2.06. The molecular weight excluding hydrogens is 236 g/mol. The second kappa shape index (κ2) is 4.90. The van der Waals surface area contributed by atoms with Crippen molar-refractivity contribution in [2.75, 3.05) is 6.61 Å². The first-order valence-electron chi connectivity index (χ1n) is 6.43. The molecule has 1 aromatic carbocycles. The Bertz CT molecular complexity index is 616. The summed E-state index contributed by atoms with van der Waals surface area (Å²) in [5, 5.41) is 9.25. The van der Waals surface area contributed by atoms with Gasteiger partial charge in [0.15, 0.2) is 0 Å². The topological polar surface area (TPSA) is 29.5 Å². The van der Waals surface area contributed by atoms with Crippen molar-refractivity contribution < 1.29 is 9.84 Å². The SMILES string of the molecule is CC1=C2OC(c3ccccc3)=CC=C2C=C(CO)C1.